The van der Waals surface area contributed by atoms with Crippen LogP contribution in [-0.2, 0) is 13.1 Å². The SMILES string of the molecule is O=C(NCc1ccccc1)NCc1ccc2ncoc2c1. The highest BCUT2D eigenvalue weighted by Crippen LogP contribution is 2.13. The Balaban J connectivity index is 1.51. The first-order chi connectivity index (χ1) is 10.3. The largest absolute Gasteiger partial charge is 0.443 e. The molecular formula is C16H15N3O2. The van der Waals surface area contributed by atoms with Crippen LogP contribution in [0.3, 0.4) is 0 Å². The van der Waals surface area contributed by atoms with Gasteiger partial charge in [-0.25, -0.2) is 9.78 Å². The number of amides is 2. The van der Waals surface area contributed by atoms with Crippen LogP contribution in [0.5, 0.6) is 0 Å². The Morgan fingerprint density at radius 3 is 2.57 bits per heavy atom. The fourth-order valence-electron chi connectivity index (χ4n) is 2.03. The van der Waals surface area contributed by atoms with Gasteiger partial charge in [0.2, 0.25) is 0 Å². The number of nitrogens with one attached hydrogen (secondary N) is 2. The second-order valence-electron chi connectivity index (χ2n) is 4.68. The normalized spacial score (nSPS) is 10.5. The molecule has 0 saturated heterocycles. The van der Waals surface area contributed by atoms with Gasteiger partial charge in [0, 0.05) is 13.1 Å². The van der Waals surface area contributed by atoms with Crippen LogP contribution < -0.4 is 10.6 Å². The van der Waals surface area contributed by atoms with E-state index in [0.29, 0.717) is 13.1 Å². The van der Waals surface area contributed by atoms with E-state index >= 15 is 0 Å². The molecule has 2 aromatic carbocycles. The minimum atomic E-state index is -0.198. The fraction of sp³-hybridized carbons (Fsp3) is 0.125. The molecule has 5 nitrogen and oxygen atoms in total. The molecular weight excluding hydrogens is 266 g/mol. The second kappa shape index (κ2) is 6.09. The minimum absolute atomic E-state index is 0.198. The van der Waals surface area contributed by atoms with E-state index < -0.39 is 0 Å². The number of hydrogen-bond acceptors (Lipinski definition) is 3. The molecule has 3 aromatic rings. The summed E-state index contributed by atoms with van der Waals surface area (Å²) in [6, 6.07) is 15.2. The first kappa shape index (κ1) is 13.2. The van der Waals surface area contributed by atoms with Gasteiger partial charge in [0.05, 0.1) is 0 Å². The summed E-state index contributed by atoms with van der Waals surface area (Å²) < 4.78 is 5.23. The van der Waals surface area contributed by atoms with Gasteiger partial charge in [0.25, 0.3) is 0 Å². The topological polar surface area (TPSA) is 67.2 Å². The fourth-order valence-corrected chi connectivity index (χ4v) is 2.03. The van der Waals surface area contributed by atoms with Gasteiger partial charge in [-0.1, -0.05) is 36.4 Å². The Kier molecular flexibility index (Phi) is 3.82. The van der Waals surface area contributed by atoms with Crippen molar-refractivity contribution >= 4 is 17.1 Å². The number of fused-ring (bicyclic) bond motifs is 1. The molecule has 0 saturated carbocycles. The Bertz CT molecular complexity index is 737. The van der Waals surface area contributed by atoms with Gasteiger partial charge >= 0.3 is 6.03 Å². The molecule has 1 aromatic heterocycles. The van der Waals surface area contributed by atoms with Crippen LogP contribution in [0.25, 0.3) is 11.1 Å². The van der Waals surface area contributed by atoms with Gasteiger partial charge in [-0.2, -0.15) is 0 Å². The highest BCUT2D eigenvalue weighted by Gasteiger charge is 2.03. The van der Waals surface area contributed by atoms with E-state index in [1.54, 1.807) is 0 Å². The Labute approximate surface area is 122 Å². The third kappa shape index (κ3) is 3.39. The van der Waals surface area contributed by atoms with Gasteiger partial charge in [-0.15, -0.1) is 0 Å². The Hall–Kier alpha value is -2.82. The average molecular weight is 281 g/mol. The average Bonchev–Trinajstić information content (AvgIpc) is 2.99. The lowest BCUT2D eigenvalue weighted by atomic mass is 10.2. The maximum Gasteiger partial charge on any atom is 0.315 e. The van der Waals surface area contributed by atoms with Crippen molar-refractivity contribution in [3.8, 4) is 0 Å². The smallest absolute Gasteiger partial charge is 0.315 e. The molecule has 0 bridgehead atoms. The lowest BCUT2D eigenvalue weighted by Gasteiger charge is -2.07. The van der Waals surface area contributed by atoms with Gasteiger partial charge < -0.3 is 15.1 Å². The molecule has 0 aliphatic heterocycles. The molecule has 0 spiro atoms. The quantitative estimate of drug-likeness (QED) is 0.772. The number of urea groups is 1. The van der Waals surface area contributed by atoms with Crippen LogP contribution in [0.15, 0.2) is 59.3 Å². The molecule has 106 valence electrons. The molecule has 3 rings (SSSR count). The lowest BCUT2D eigenvalue weighted by Crippen LogP contribution is -2.34. The third-order valence-corrected chi connectivity index (χ3v) is 3.14. The van der Waals surface area contributed by atoms with Gasteiger partial charge in [-0.3, -0.25) is 0 Å². The highest BCUT2D eigenvalue weighted by atomic mass is 16.3. The van der Waals surface area contributed by atoms with Crippen molar-refractivity contribution in [2.75, 3.05) is 0 Å². The number of nitrogens with zero attached hydrogens (tertiary/aromatic N) is 1. The van der Waals surface area contributed by atoms with Crippen LogP contribution >= 0.6 is 0 Å². The molecule has 5 heteroatoms. The van der Waals surface area contributed by atoms with Crippen LogP contribution in [0.2, 0.25) is 0 Å². The van der Waals surface area contributed by atoms with E-state index in [1.165, 1.54) is 6.39 Å². The van der Waals surface area contributed by atoms with E-state index in [0.717, 1.165) is 22.2 Å². The number of hydrogen-bond donors (Lipinski definition) is 2. The van der Waals surface area contributed by atoms with E-state index in [1.807, 2.05) is 48.5 Å². The van der Waals surface area contributed by atoms with Gasteiger partial charge in [0.1, 0.15) is 5.52 Å². The van der Waals surface area contributed by atoms with Crippen LogP contribution in [-0.4, -0.2) is 11.0 Å². The summed E-state index contributed by atoms with van der Waals surface area (Å²) in [5, 5.41) is 5.63. The third-order valence-electron chi connectivity index (χ3n) is 3.14. The van der Waals surface area contributed by atoms with E-state index in [9.17, 15) is 4.79 Å². The summed E-state index contributed by atoms with van der Waals surface area (Å²) in [6.07, 6.45) is 1.41. The van der Waals surface area contributed by atoms with Crippen molar-refractivity contribution in [3.63, 3.8) is 0 Å². The zero-order valence-corrected chi connectivity index (χ0v) is 11.4. The molecule has 21 heavy (non-hydrogen) atoms. The van der Waals surface area contributed by atoms with Crippen LogP contribution in [0, 0.1) is 0 Å². The zero-order valence-electron chi connectivity index (χ0n) is 11.4. The summed E-state index contributed by atoms with van der Waals surface area (Å²) in [5.74, 6) is 0. The molecule has 2 amide bonds. The van der Waals surface area contributed by atoms with Crippen molar-refractivity contribution in [1.82, 2.24) is 15.6 Å². The maximum atomic E-state index is 11.7. The summed E-state index contributed by atoms with van der Waals surface area (Å²) in [5.41, 5.74) is 3.57. The highest BCUT2D eigenvalue weighted by molar-refractivity contribution is 5.75. The second-order valence-corrected chi connectivity index (χ2v) is 4.68. The first-order valence-corrected chi connectivity index (χ1v) is 6.69. The summed E-state index contributed by atoms with van der Waals surface area (Å²) in [6.45, 7) is 0.949. The Morgan fingerprint density at radius 2 is 1.76 bits per heavy atom. The molecule has 0 fully saturated rings. The number of rotatable bonds is 4. The summed E-state index contributed by atoms with van der Waals surface area (Å²) >= 11 is 0. The van der Waals surface area contributed by atoms with Crippen LogP contribution in [0.1, 0.15) is 11.1 Å². The number of benzene rings is 2. The number of carbonyl (C=O) groups is 1. The molecule has 0 atom stereocenters. The predicted molar refractivity (Wildman–Crippen MR) is 79.5 cm³/mol. The van der Waals surface area contributed by atoms with Crippen molar-refractivity contribution < 1.29 is 9.21 Å². The standard InChI is InChI=1S/C16H15N3O2/c20-16(17-9-12-4-2-1-3-5-12)18-10-13-6-7-14-15(8-13)21-11-19-14/h1-8,11H,9-10H2,(H2,17,18,20). The number of oxazole rings is 1. The zero-order chi connectivity index (χ0) is 14.5. The summed E-state index contributed by atoms with van der Waals surface area (Å²) in [7, 11) is 0. The van der Waals surface area contributed by atoms with E-state index in [2.05, 4.69) is 15.6 Å². The van der Waals surface area contributed by atoms with Crippen LogP contribution in [0.4, 0.5) is 4.79 Å². The van der Waals surface area contributed by atoms with E-state index in [4.69, 9.17) is 4.42 Å². The molecule has 0 radical (unpaired) electrons. The van der Waals surface area contributed by atoms with Crippen molar-refractivity contribution in [3.05, 3.63) is 66.1 Å². The van der Waals surface area contributed by atoms with Crippen molar-refractivity contribution in [1.29, 1.82) is 0 Å². The Morgan fingerprint density at radius 1 is 1.00 bits per heavy atom. The van der Waals surface area contributed by atoms with Gasteiger partial charge in [0.15, 0.2) is 12.0 Å². The lowest BCUT2D eigenvalue weighted by molar-refractivity contribution is 0.240. The summed E-state index contributed by atoms with van der Waals surface area (Å²) in [4.78, 5) is 15.8. The van der Waals surface area contributed by atoms with Gasteiger partial charge in [-0.05, 0) is 23.3 Å². The number of aromatic nitrogens is 1. The predicted octanol–water partition coefficient (Wildman–Crippen LogP) is 2.83. The molecule has 0 unspecified atom stereocenters. The molecule has 0 aliphatic rings. The molecule has 2 N–H and O–H groups in total. The minimum Gasteiger partial charge on any atom is -0.443 e. The number of carbonyl (C=O) groups excluding carboxylic acids is 1. The molecule has 0 aliphatic carbocycles. The van der Waals surface area contributed by atoms with Crippen molar-refractivity contribution in [2.24, 2.45) is 0 Å². The molecule has 1 heterocycles. The maximum absolute atomic E-state index is 11.7. The van der Waals surface area contributed by atoms with E-state index in [-0.39, 0.29) is 6.03 Å². The monoisotopic (exact) mass is 281 g/mol. The first-order valence-electron chi connectivity index (χ1n) is 6.69. The van der Waals surface area contributed by atoms with Crippen molar-refractivity contribution in [2.45, 2.75) is 13.1 Å².